The first kappa shape index (κ1) is 15.8. The minimum atomic E-state index is -3.75. The lowest BCUT2D eigenvalue weighted by atomic mass is 10.2. The predicted octanol–water partition coefficient (Wildman–Crippen LogP) is 3.78. The third kappa shape index (κ3) is 3.36. The lowest BCUT2D eigenvalue weighted by Gasteiger charge is -2.23. The summed E-state index contributed by atoms with van der Waals surface area (Å²) in [5.41, 5.74) is 1.02. The van der Waals surface area contributed by atoms with Gasteiger partial charge in [-0.25, -0.2) is 12.8 Å². The summed E-state index contributed by atoms with van der Waals surface area (Å²) in [6.45, 7) is 1.91. The van der Waals surface area contributed by atoms with E-state index in [0.29, 0.717) is 11.3 Å². The molecule has 0 saturated heterocycles. The maximum atomic E-state index is 13.3. The monoisotopic (exact) mass is 327 g/mol. The van der Waals surface area contributed by atoms with Gasteiger partial charge in [-0.1, -0.05) is 18.2 Å². The van der Waals surface area contributed by atoms with E-state index in [2.05, 4.69) is 0 Å². The van der Waals surface area contributed by atoms with Gasteiger partial charge in [0.05, 0.1) is 10.6 Å². The molecule has 0 unspecified atom stereocenters. The molecule has 0 amide bonds. The second-order valence-electron chi connectivity index (χ2n) is 4.43. The highest BCUT2D eigenvalue weighted by molar-refractivity contribution is 7.92. The van der Waals surface area contributed by atoms with Crippen molar-refractivity contribution in [3.63, 3.8) is 0 Å². The Labute approximate surface area is 129 Å². The fourth-order valence-corrected chi connectivity index (χ4v) is 3.74. The molecule has 0 aliphatic rings. The van der Waals surface area contributed by atoms with Crippen LogP contribution in [0.4, 0.5) is 10.1 Å². The van der Waals surface area contributed by atoms with Crippen molar-refractivity contribution in [1.82, 2.24) is 0 Å². The molecule has 0 atom stereocenters. The molecule has 0 heterocycles. The molecule has 0 aromatic heterocycles. The molecule has 3 nitrogen and oxygen atoms in total. The molecule has 0 spiro atoms. The molecule has 112 valence electrons. The second kappa shape index (κ2) is 6.45. The van der Waals surface area contributed by atoms with Crippen LogP contribution in [0.2, 0.25) is 0 Å². The number of sulfonamides is 1. The van der Waals surface area contributed by atoms with Crippen LogP contribution in [0, 0.1) is 5.82 Å². The van der Waals surface area contributed by atoms with Gasteiger partial charge in [0, 0.05) is 12.4 Å². The summed E-state index contributed by atoms with van der Waals surface area (Å²) >= 11 is 5.74. The van der Waals surface area contributed by atoms with Gasteiger partial charge < -0.3 is 0 Å². The zero-order valence-corrected chi connectivity index (χ0v) is 13.0. The van der Waals surface area contributed by atoms with Crippen molar-refractivity contribution < 1.29 is 12.8 Å². The molecule has 0 N–H and O–H groups in total. The minimum Gasteiger partial charge on any atom is -0.267 e. The normalized spacial score (nSPS) is 11.4. The lowest BCUT2D eigenvalue weighted by molar-refractivity contribution is 0.591. The first-order valence-electron chi connectivity index (χ1n) is 6.42. The Balaban J connectivity index is 2.49. The number of anilines is 1. The molecule has 0 aliphatic carbocycles. The Bertz CT molecular complexity index is 734. The van der Waals surface area contributed by atoms with Gasteiger partial charge in [0.2, 0.25) is 0 Å². The van der Waals surface area contributed by atoms with E-state index in [1.165, 1.54) is 34.6 Å². The quantitative estimate of drug-likeness (QED) is 0.784. The molecule has 6 heteroatoms. The van der Waals surface area contributed by atoms with E-state index in [4.69, 9.17) is 11.6 Å². The molecule has 0 fully saturated rings. The molecular weight excluding hydrogens is 313 g/mol. The molecule has 0 saturated carbocycles. The van der Waals surface area contributed by atoms with Gasteiger partial charge in [0.1, 0.15) is 5.82 Å². The Morgan fingerprint density at radius 3 is 2.48 bits per heavy atom. The average molecular weight is 328 g/mol. The zero-order valence-electron chi connectivity index (χ0n) is 11.5. The fraction of sp³-hybridized carbons (Fsp3) is 0.200. The number of alkyl halides is 1. The number of rotatable bonds is 5. The van der Waals surface area contributed by atoms with E-state index in [9.17, 15) is 12.8 Å². The molecule has 0 bridgehead atoms. The van der Waals surface area contributed by atoms with Gasteiger partial charge in [0.15, 0.2) is 0 Å². The van der Waals surface area contributed by atoms with Crippen LogP contribution in [0.15, 0.2) is 53.4 Å². The topological polar surface area (TPSA) is 37.4 Å². The van der Waals surface area contributed by atoms with Gasteiger partial charge in [-0.15, -0.1) is 11.6 Å². The standard InChI is InChI=1S/C15H15ClFNO2S/c1-2-18(14-7-4-6-13(17)10-14)21(19,20)15-8-3-5-12(9-15)11-16/h3-10H,2,11H2,1H3. The van der Waals surface area contributed by atoms with Crippen LogP contribution >= 0.6 is 11.6 Å². The summed E-state index contributed by atoms with van der Waals surface area (Å²) in [7, 11) is -3.75. The van der Waals surface area contributed by atoms with Gasteiger partial charge >= 0.3 is 0 Å². The van der Waals surface area contributed by atoms with Gasteiger partial charge in [0.25, 0.3) is 10.0 Å². The Hall–Kier alpha value is -1.59. The highest BCUT2D eigenvalue weighted by Crippen LogP contribution is 2.24. The van der Waals surface area contributed by atoms with E-state index in [1.807, 2.05) is 0 Å². The van der Waals surface area contributed by atoms with Crippen molar-refractivity contribution >= 4 is 27.3 Å². The van der Waals surface area contributed by atoms with Crippen LogP contribution in [0.1, 0.15) is 12.5 Å². The van der Waals surface area contributed by atoms with E-state index >= 15 is 0 Å². The molecule has 0 aliphatic heterocycles. The molecule has 21 heavy (non-hydrogen) atoms. The Kier molecular flexibility index (Phi) is 4.85. The van der Waals surface area contributed by atoms with Crippen molar-refractivity contribution in [3.05, 3.63) is 59.9 Å². The summed E-state index contributed by atoms with van der Waals surface area (Å²) in [6, 6.07) is 12.0. The average Bonchev–Trinajstić information content (AvgIpc) is 2.48. The smallest absolute Gasteiger partial charge is 0.264 e. The van der Waals surface area contributed by atoms with Crippen LogP contribution < -0.4 is 4.31 Å². The van der Waals surface area contributed by atoms with Crippen LogP contribution in [-0.4, -0.2) is 15.0 Å². The Morgan fingerprint density at radius 1 is 1.14 bits per heavy atom. The maximum Gasteiger partial charge on any atom is 0.264 e. The van der Waals surface area contributed by atoms with Gasteiger partial charge in [-0.2, -0.15) is 0 Å². The van der Waals surface area contributed by atoms with Crippen molar-refractivity contribution in [2.75, 3.05) is 10.8 Å². The third-order valence-corrected chi connectivity index (χ3v) is 5.23. The number of halogens is 2. The molecule has 2 rings (SSSR count). The lowest BCUT2D eigenvalue weighted by Crippen LogP contribution is -2.30. The van der Waals surface area contributed by atoms with E-state index < -0.39 is 15.8 Å². The van der Waals surface area contributed by atoms with Gasteiger partial charge in [-0.3, -0.25) is 4.31 Å². The number of nitrogens with zero attached hydrogens (tertiary/aromatic N) is 1. The maximum absolute atomic E-state index is 13.3. The van der Waals surface area contributed by atoms with Crippen LogP contribution in [0.5, 0.6) is 0 Å². The van der Waals surface area contributed by atoms with Gasteiger partial charge in [-0.05, 0) is 42.8 Å². The van der Waals surface area contributed by atoms with Crippen LogP contribution in [0.25, 0.3) is 0 Å². The van der Waals surface area contributed by atoms with Crippen molar-refractivity contribution in [3.8, 4) is 0 Å². The summed E-state index contributed by atoms with van der Waals surface area (Å²) in [4.78, 5) is 0.145. The summed E-state index contributed by atoms with van der Waals surface area (Å²) in [6.07, 6.45) is 0. The fourth-order valence-electron chi connectivity index (χ4n) is 2.04. The number of hydrogen-bond donors (Lipinski definition) is 0. The zero-order chi connectivity index (χ0) is 15.5. The molecule has 2 aromatic rings. The third-order valence-electron chi connectivity index (χ3n) is 3.02. The largest absolute Gasteiger partial charge is 0.267 e. The van der Waals surface area contributed by atoms with E-state index in [0.717, 1.165) is 0 Å². The highest BCUT2D eigenvalue weighted by Gasteiger charge is 2.24. The molecule has 2 aromatic carbocycles. The van der Waals surface area contributed by atoms with Crippen LogP contribution in [0.3, 0.4) is 0 Å². The highest BCUT2D eigenvalue weighted by atomic mass is 35.5. The molecule has 0 radical (unpaired) electrons. The molecular formula is C15H15ClFNO2S. The number of hydrogen-bond acceptors (Lipinski definition) is 2. The second-order valence-corrected chi connectivity index (χ2v) is 6.56. The van der Waals surface area contributed by atoms with Crippen molar-refractivity contribution in [2.24, 2.45) is 0 Å². The van der Waals surface area contributed by atoms with Crippen LogP contribution in [-0.2, 0) is 15.9 Å². The summed E-state index contributed by atoms with van der Waals surface area (Å²) in [5.74, 6) is -0.245. The van der Waals surface area contributed by atoms with Crippen molar-refractivity contribution in [2.45, 2.75) is 17.7 Å². The predicted molar refractivity (Wildman–Crippen MR) is 82.6 cm³/mol. The first-order chi connectivity index (χ1) is 9.98. The van der Waals surface area contributed by atoms with E-state index in [1.54, 1.807) is 25.1 Å². The first-order valence-corrected chi connectivity index (χ1v) is 8.39. The minimum absolute atomic E-state index is 0.145. The SMILES string of the molecule is CCN(c1cccc(F)c1)S(=O)(=O)c1cccc(CCl)c1. The Morgan fingerprint density at radius 2 is 1.86 bits per heavy atom. The summed E-state index contributed by atoms with van der Waals surface area (Å²) < 4.78 is 39.9. The van der Waals surface area contributed by atoms with Crippen molar-refractivity contribution in [1.29, 1.82) is 0 Å². The van der Waals surface area contributed by atoms with E-state index in [-0.39, 0.29) is 17.3 Å². The number of benzene rings is 2. The summed E-state index contributed by atoms with van der Waals surface area (Å²) in [5, 5.41) is 0.